The second-order valence-corrected chi connectivity index (χ2v) is 16.5. The number of aryl methyl sites for hydroxylation is 1. The van der Waals surface area contributed by atoms with Crippen molar-refractivity contribution in [3.63, 3.8) is 0 Å². The Kier molecular flexibility index (Phi) is 15.7. The van der Waals surface area contributed by atoms with Crippen molar-refractivity contribution in [2.45, 2.75) is 116 Å². The minimum atomic E-state index is -0.515. The largest absolute Gasteiger partial charge is 0.496 e. The van der Waals surface area contributed by atoms with E-state index in [1.807, 2.05) is 20.8 Å². The van der Waals surface area contributed by atoms with Crippen LogP contribution in [0, 0.1) is 18.8 Å². The first-order valence-corrected chi connectivity index (χ1v) is 20.2. The van der Waals surface area contributed by atoms with Crippen molar-refractivity contribution in [3.8, 4) is 11.6 Å². The number of aromatic nitrogens is 1. The lowest BCUT2D eigenvalue weighted by Crippen LogP contribution is -2.52. The van der Waals surface area contributed by atoms with Gasteiger partial charge in [0.1, 0.15) is 11.8 Å². The van der Waals surface area contributed by atoms with Crippen molar-refractivity contribution in [1.82, 2.24) is 24.8 Å². The zero-order valence-corrected chi connectivity index (χ0v) is 33.6. The molecule has 3 atom stereocenters. The monoisotopic (exact) mass is 768 g/mol. The van der Waals surface area contributed by atoms with Crippen molar-refractivity contribution in [3.05, 3.63) is 46.1 Å². The van der Waals surface area contributed by atoms with Gasteiger partial charge in [-0.1, -0.05) is 31.9 Å². The van der Waals surface area contributed by atoms with Crippen molar-refractivity contribution < 1.29 is 28.7 Å². The molecule has 0 bridgehead atoms. The predicted molar refractivity (Wildman–Crippen MR) is 213 cm³/mol. The van der Waals surface area contributed by atoms with Crippen LogP contribution in [0.3, 0.4) is 0 Å². The first-order valence-electron chi connectivity index (χ1n) is 19.4. The third-order valence-corrected chi connectivity index (χ3v) is 11.3. The molecule has 54 heavy (non-hydrogen) atoms. The summed E-state index contributed by atoms with van der Waals surface area (Å²) in [4.78, 5) is 64.6. The number of rotatable bonds is 14. The van der Waals surface area contributed by atoms with Crippen molar-refractivity contribution in [1.29, 1.82) is 0 Å². The third-order valence-electron chi connectivity index (χ3n) is 10.1. The van der Waals surface area contributed by atoms with Gasteiger partial charge in [-0.3, -0.25) is 23.9 Å². The molecule has 2 aromatic rings. The smallest absolute Gasteiger partial charge is 0.317 e. The summed E-state index contributed by atoms with van der Waals surface area (Å²) in [5, 5.41) is 3.21. The van der Waals surface area contributed by atoms with Crippen molar-refractivity contribution >= 4 is 46.6 Å². The van der Waals surface area contributed by atoms with Gasteiger partial charge in [0.05, 0.1) is 25.3 Å². The van der Waals surface area contributed by atoms with E-state index in [2.05, 4.69) is 41.0 Å². The van der Waals surface area contributed by atoms with Crippen LogP contribution in [0.25, 0.3) is 10.9 Å². The topological polar surface area (TPSA) is 176 Å². The SMILES string of the molecule is CCCCC/C=C\C1CC1C(=O)NSC1(C)CC1.COc1ccc2c(=O)cc(OC(C)C)[nH]c2c1C.NC(=O)C1CCCN1C(=O)CNC(=O)N1CCC1. The summed E-state index contributed by atoms with van der Waals surface area (Å²) < 4.78 is 14.2. The maximum absolute atomic E-state index is 12.0. The summed E-state index contributed by atoms with van der Waals surface area (Å²) in [6, 6.07) is 4.31. The summed E-state index contributed by atoms with van der Waals surface area (Å²) in [6.45, 7) is 12.1. The van der Waals surface area contributed by atoms with Gasteiger partial charge in [0, 0.05) is 47.3 Å². The summed E-state index contributed by atoms with van der Waals surface area (Å²) in [5.41, 5.74) is 6.85. The van der Waals surface area contributed by atoms with Gasteiger partial charge in [0.2, 0.25) is 17.7 Å². The highest BCUT2D eigenvalue weighted by Crippen LogP contribution is 2.47. The number of hydrogen-bond donors (Lipinski definition) is 4. The fourth-order valence-corrected chi connectivity index (χ4v) is 7.04. The second-order valence-electron chi connectivity index (χ2n) is 15.1. The number of fused-ring (bicyclic) bond motifs is 1. The van der Waals surface area contributed by atoms with Gasteiger partial charge in [-0.15, -0.1) is 0 Å². The number of carbonyl (C=O) groups excluding carboxylic acids is 4. The molecule has 298 valence electrons. The van der Waals surface area contributed by atoms with Gasteiger partial charge in [-0.2, -0.15) is 0 Å². The molecular weight excluding hydrogens is 709 g/mol. The number of pyridine rings is 1. The fourth-order valence-electron chi connectivity index (χ4n) is 6.24. The van der Waals surface area contributed by atoms with Crippen LogP contribution < -0.4 is 30.7 Å². The molecule has 4 fully saturated rings. The number of aromatic amines is 1. The Morgan fingerprint density at radius 1 is 1.13 bits per heavy atom. The number of likely N-dealkylation sites (tertiary alicyclic amines) is 2. The Balaban J connectivity index is 0.000000180. The van der Waals surface area contributed by atoms with Gasteiger partial charge >= 0.3 is 6.03 Å². The van der Waals surface area contributed by atoms with Crippen LogP contribution in [0.1, 0.15) is 97.5 Å². The third kappa shape index (κ3) is 12.4. The summed E-state index contributed by atoms with van der Waals surface area (Å²) in [6.07, 6.45) is 15.5. The molecule has 2 saturated carbocycles. The Hall–Kier alpha value is -4.20. The molecule has 4 aliphatic rings. The zero-order valence-electron chi connectivity index (χ0n) is 32.8. The van der Waals surface area contributed by atoms with Gasteiger partial charge in [0.25, 0.3) is 0 Å². The molecule has 1 aromatic heterocycles. The van der Waals surface area contributed by atoms with Crippen molar-refractivity contribution in [2.24, 2.45) is 17.6 Å². The Labute approximate surface area is 323 Å². The Bertz CT molecular complexity index is 1700. The van der Waals surface area contributed by atoms with E-state index in [1.54, 1.807) is 36.1 Å². The fraction of sp³-hybridized carbons (Fsp3) is 0.625. The average molecular weight is 769 g/mol. The predicted octanol–water partition coefficient (Wildman–Crippen LogP) is 5.59. The molecule has 2 saturated heterocycles. The number of nitrogens with one attached hydrogen (secondary N) is 3. The van der Waals surface area contributed by atoms with E-state index in [4.69, 9.17) is 15.2 Å². The molecular formula is C40H60N6O7S. The molecule has 5 N–H and O–H groups in total. The molecule has 1 aromatic carbocycles. The van der Waals surface area contributed by atoms with E-state index >= 15 is 0 Å². The number of nitrogens with two attached hydrogens (primary N) is 1. The minimum Gasteiger partial charge on any atom is -0.496 e. The lowest BCUT2D eigenvalue weighted by Gasteiger charge is -2.31. The van der Waals surface area contributed by atoms with Gasteiger partial charge in [-0.05, 0) is 109 Å². The van der Waals surface area contributed by atoms with Crippen LogP contribution >= 0.6 is 11.9 Å². The number of allylic oxidation sites excluding steroid dienone is 2. The molecule has 3 unspecified atom stereocenters. The highest BCUT2D eigenvalue weighted by molar-refractivity contribution is 7.99. The number of ether oxygens (including phenoxy) is 2. The highest BCUT2D eigenvalue weighted by atomic mass is 32.2. The van der Waals surface area contributed by atoms with Crippen LogP contribution in [-0.4, -0.2) is 88.7 Å². The quantitative estimate of drug-likeness (QED) is 0.109. The lowest BCUT2D eigenvalue weighted by molar-refractivity contribution is -0.136. The standard InChI is InChI=1S/C15H25NOS.C14H17NO3.C11H18N4O3/c1-3-4-5-6-7-8-12-11-13(12)14(17)16-18-15(2)9-10-15;1-8(2)18-13-7-11(16)10-5-6-12(17-4)9(3)14(10)15-13;12-10(17)8-3-1-6-15(8)9(16)7-13-11(18)14-4-2-5-14/h7-8,12-13H,3-6,9-11H2,1-2H3,(H,16,17);5-8H,1-4H3,(H,15,16);8H,1-7H2,(H2,12,17)(H,13,18)/b8-7-;;. The summed E-state index contributed by atoms with van der Waals surface area (Å²) in [5.74, 6) is 1.52. The number of urea groups is 1. The molecule has 5 amide bonds. The normalized spacial score (nSPS) is 20.6. The first kappa shape index (κ1) is 42.5. The maximum atomic E-state index is 12.0. The van der Waals surface area contributed by atoms with E-state index in [1.165, 1.54) is 49.5 Å². The number of benzene rings is 1. The molecule has 2 aliphatic carbocycles. The molecule has 0 radical (unpaired) electrons. The molecule has 13 nitrogen and oxygen atoms in total. The number of hydrogen-bond acceptors (Lipinski definition) is 8. The van der Waals surface area contributed by atoms with Gasteiger partial charge in [-0.25, -0.2) is 4.79 Å². The number of methoxy groups -OCH3 is 1. The van der Waals surface area contributed by atoms with E-state index in [0.29, 0.717) is 34.9 Å². The number of carbonyl (C=O) groups is 4. The Morgan fingerprint density at radius 3 is 2.48 bits per heavy atom. The highest BCUT2D eigenvalue weighted by Gasteiger charge is 2.44. The minimum absolute atomic E-state index is 0.0176. The van der Waals surface area contributed by atoms with E-state index in [-0.39, 0.29) is 41.8 Å². The first-order chi connectivity index (χ1) is 25.8. The molecule has 14 heteroatoms. The van der Waals surface area contributed by atoms with Crippen LogP contribution in [0.15, 0.2) is 35.1 Å². The van der Waals surface area contributed by atoms with Gasteiger partial charge in [0.15, 0.2) is 11.3 Å². The van der Waals surface area contributed by atoms with E-state index < -0.39 is 11.9 Å². The number of nitrogens with zero attached hydrogens (tertiary/aromatic N) is 2. The molecule has 0 spiro atoms. The van der Waals surface area contributed by atoms with Crippen LogP contribution in [0.4, 0.5) is 4.79 Å². The van der Waals surface area contributed by atoms with Crippen molar-refractivity contribution in [2.75, 3.05) is 33.3 Å². The van der Waals surface area contributed by atoms with Gasteiger partial charge < -0.3 is 35.3 Å². The number of primary amides is 1. The molecule has 2 aliphatic heterocycles. The molecule has 3 heterocycles. The summed E-state index contributed by atoms with van der Waals surface area (Å²) in [7, 11) is 1.61. The molecule has 6 rings (SSSR count). The van der Waals surface area contributed by atoms with Crippen LogP contribution in [0.5, 0.6) is 11.6 Å². The lowest BCUT2D eigenvalue weighted by atomic mass is 10.1. The number of amides is 5. The zero-order chi connectivity index (χ0) is 39.4. The number of H-pyrrole nitrogens is 1. The van der Waals surface area contributed by atoms with Crippen LogP contribution in [-0.2, 0) is 14.4 Å². The van der Waals surface area contributed by atoms with Crippen LogP contribution in [0.2, 0.25) is 0 Å². The van der Waals surface area contributed by atoms with E-state index in [0.717, 1.165) is 49.2 Å². The number of unbranched alkanes of at least 4 members (excludes halogenated alkanes) is 3. The second kappa shape index (κ2) is 19.9. The average Bonchev–Trinajstić information content (AvgIpc) is 4.00. The van der Waals surface area contributed by atoms with E-state index in [9.17, 15) is 24.0 Å². The summed E-state index contributed by atoms with van der Waals surface area (Å²) >= 11 is 1.63. The Morgan fingerprint density at radius 2 is 1.87 bits per heavy atom. The maximum Gasteiger partial charge on any atom is 0.317 e.